The summed E-state index contributed by atoms with van der Waals surface area (Å²) < 4.78 is 53.7. The Labute approximate surface area is 202 Å². The molecule has 3 rings (SSSR count). The summed E-state index contributed by atoms with van der Waals surface area (Å²) in [5.41, 5.74) is 0.623. The molecule has 0 bridgehead atoms. The van der Waals surface area contributed by atoms with Crippen molar-refractivity contribution in [3.63, 3.8) is 0 Å². The van der Waals surface area contributed by atoms with Gasteiger partial charge in [0.2, 0.25) is 11.6 Å². The molecule has 0 spiro atoms. The monoisotopic (exact) mass is 504 g/mol. The van der Waals surface area contributed by atoms with E-state index < -0.39 is 15.9 Å². The van der Waals surface area contributed by atoms with Gasteiger partial charge in [0.05, 0.1) is 40.4 Å². The van der Waals surface area contributed by atoms with Crippen molar-refractivity contribution >= 4 is 27.4 Å². The summed E-state index contributed by atoms with van der Waals surface area (Å²) in [6.45, 7) is 0. The van der Waals surface area contributed by atoms with E-state index in [-0.39, 0.29) is 28.2 Å². The lowest BCUT2D eigenvalue weighted by atomic mass is 10.1. The molecule has 0 atom stereocenters. The average molecular weight is 505 g/mol. The number of rotatable bonds is 10. The van der Waals surface area contributed by atoms with Crippen LogP contribution >= 0.6 is 0 Å². The van der Waals surface area contributed by atoms with E-state index in [9.17, 15) is 13.2 Å². The largest absolute Gasteiger partial charge is 0.493 e. The number of anilines is 2. The molecule has 0 saturated heterocycles. The van der Waals surface area contributed by atoms with Crippen LogP contribution in [0.3, 0.4) is 0 Å². The highest BCUT2D eigenvalue weighted by atomic mass is 32.2. The molecule has 0 saturated carbocycles. The van der Waals surface area contributed by atoms with Crippen LogP contribution in [0.25, 0.3) is 0 Å². The second-order valence-electron chi connectivity index (χ2n) is 6.78. The zero-order valence-corrected chi connectivity index (χ0v) is 20.4. The van der Waals surface area contributed by atoms with Crippen LogP contribution in [0.2, 0.25) is 0 Å². The van der Waals surface area contributed by atoms with Crippen LogP contribution in [0.1, 0.15) is 10.4 Å². The highest BCUT2D eigenvalue weighted by Crippen LogP contribution is 2.38. The Morgan fingerprint density at radius 3 is 1.94 bits per heavy atom. The Morgan fingerprint density at radius 2 is 1.43 bits per heavy atom. The summed E-state index contributed by atoms with van der Waals surface area (Å²) in [6, 6.07) is 9.83. The Hall–Kier alpha value is -4.26. The van der Waals surface area contributed by atoms with Crippen molar-refractivity contribution in [3.05, 3.63) is 48.0 Å². The Morgan fingerprint density at radius 1 is 0.800 bits per heavy atom. The molecular weight excluding hydrogens is 480 g/mol. The number of amides is 1. The van der Waals surface area contributed by atoms with E-state index >= 15 is 0 Å². The number of ether oxygens (including phenoxy) is 5. The van der Waals surface area contributed by atoms with Crippen molar-refractivity contribution in [1.29, 1.82) is 0 Å². The molecule has 0 aliphatic carbocycles. The highest BCUT2D eigenvalue weighted by molar-refractivity contribution is 7.92. The van der Waals surface area contributed by atoms with Crippen LogP contribution < -0.4 is 33.7 Å². The Kier molecular flexibility index (Phi) is 7.81. The van der Waals surface area contributed by atoms with Crippen LogP contribution in [-0.4, -0.2) is 59.8 Å². The summed E-state index contributed by atoms with van der Waals surface area (Å²) in [6.07, 6.45) is 0. The maximum atomic E-state index is 12.8. The van der Waals surface area contributed by atoms with Gasteiger partial charge in [-0.2, -0.15) is 9.97 Å². The number of aromatic nitrogens is 2. The van der Waals surface area contributed by atoms with E-state index in [0.29, 0.717) is 22.9 Å². The summed E-state index contributed by atoms with van der Waals surface area (Å²) in [5.74, 6) is 0.628. The number of carbonyl (C=O) groups is 1. The minimum Gasteiger partial charge on any atom is -0.493 e. The molecule has 12 nitrogen and oxygen atoms in total. The number of hydrogen-bond donors (Lipinski definition) is 2. The molecule has 35 heavy (non-hydrogen) atoms. The second kappa shape index (κ2) is 10.8. The molecule has 0 fully saturated rings. The van der Waals surface area contributed by atoms with Crippen LogP contribution in [0, 0.1) is 0 Å². The topological polar surface area (TPSA) is 147 Å². The lowest BCUT2D eigenvalue weighted by Gasteiger charge is -2.14. The second-order valence-corrected chi connectivity index (χ2v) is 8.46. The predicted molar refractivity (Wildman–Crippen MR) is 126 cm³/mol. The molecule has 0 aliphatic rings. The van der Waals surface area contributed by atoms with Crippen molar-refractivity contribution < 1.29 is 36.9 Å². The number of carbonyl (C=O) groups excluding carboxylic acids is 1. The minimum absolute atomic E-state index is 0.0338. The number of benzene rings is 2. The first-order valence-electron chi connectivity index (χ1n) is 9.96. The van der Waals surface area contributed by atoms with Gasteiger partial charge in [0.1, 0.15) is 0 Å². The van der Waals surface area contributed by atoms with Gasteiger partial charge in [-0.15, -0.1) is 0 Å². The van der Waals surface area contributed by atoms with Crippen molar-refractivity contribution in [3.8, 4) is 29.1 Å². The van der Waals surface area contributed by atoms with Gasteiger partial charge in [-0.05, 0) is 36.4 Å². The van der Waals surface area contributed by atoms with E-state index in [1.165, 1.54) is 78.0 Å². The summed E-state index contributed by atoms with van der Waals surface area (Å²) in [7, 11) is 3.08. The van der Waals surface area contributed by atoms with E-state index in [4.69, 9.17) is 23.7 Å². The molecule has 1 amide bonds. The minimum atomic E-state index is -4.00. The first-order chi connectivity index (χ1) is 16.7. The SMILES string of the molecule is COc1cc(NS(=O)(=O)c2ccc(NC(=O)c3cc(OC)c(OC)c(OC)c3)cc2)nc(OC)n1. The molecule has 0 aliphatic heterocycles. The summed E-state index contributed by atoms with van der Waals surface area (Å²) in [5, 5.41) is 2.70. The van der Waals surface area contributed by atoms with Crippen LogP contribution in [0.4, 0.5) is 11.5 Å². The maximum absolute atomic E-state index is 12.8. The quantitative estimate of drug-likeness (QED) is 0.422. The van der Waals surface area contributed by atoms with Gasteiger partial charge in [-0.1, -0.05) is 0 Å². The van der Waals surface area contributed by atoms with Gasteiger partial charge in [0, 0.05) is 17.3 Å². The third-order valence-corrected chi connectivity index (χ3v) is 6.03. The molecule has 1 aromatic heterocycles. The van der Waals surface area contributed by atoms with E-state index in [0.717, 1.165) is 0 Å². The first-order valence-corrected chi connectivity index (χ1v) is 11.4. The number of nitrogens with one attached hydrogen (secondary N) is 2. The van der Waals surface area contributed by atoms with Gasteiger partial charge < -0.3 is 29.0 Å². The van der Waals surface area contributed by atoms with Gasteiger partial charge >= 0.3 is 6.01 Å². The Balaban J connectivity index is 1.78. The lowest BCUT2D eigenvalue weighted by Crippen LogP contribution is -2.15. The molecule has 3 aromatic rings. The molecule has 1 heterocycles. The maximum Gasteiger partial charge on any atom is 0.321 e. The number of nitrogens with zero attached hydrogens (tertiary/aromatic N) is 2. The van der Waals surface area contributed by atoms with Gasteiger partial charge in [0.25, 0.3) is 15.9 Å². The zero-order valence-electron chi connectivity index (χ0n) is 19.6. The van der Waals surface area contributed by atoms with Crippen LogP contribution in [0.5, 0.6) is 29.1 Å². The normalized spacial score (nSPS) is 10.8. The number of hydrogen-bond acceptors (Lipinski definition) is 10. The van der Waals surface area contributed by atoms with Crippen LogP contribution in [-0.2, 0) is 10.0 Å². The molecule has 0 radical (unpaired) electrons. The predicted octanol–water partition coefficient (Wildman–Crippen LogP) is 2.57. The van der Waals surface area contributed by atoms with Crippen molar-refractivity contribution in [2.45, 2.75) is 4.90 Å². The summed E-state index contributed by atoms with van der Waals surface area (Å²) >= 11 is 0. The third-order valence-electron chi connectivity index (χ3n) is 4.66. The van der Waals surface area contributed by atoms with Crippen molar-refractivity contribution in [1.82, 2.24) is 9.97 Å². The van der Waals surface area contributed by atoms with Crippen LogP contribution in [0.15, 0.2) is 47.4 Å². The molecule has 0 unspecified atom stereocenters. The fourth-order valence-corrected chi connectivity index (χ4v) is 3.97. The molecular formula is C22H24N4O8S. The Bertz CT molecular complexity index is 1270. The standard InChI is InChI=1S/C22H24N4O8S/c1-30-16-10-13(11-17(31-2)20(16)33-4)21(27)23-14-6-8-15(9-7-14)35(28,29)26-18-12-19(32-3)25-22(24-18)34-5/h6-12H,1-5H3,(H,23,27)(H,24,25,26). The zero-order chi connectivity index (χ0) is 25.6. The first kappa shape index (κ1) is 25.4. The van der Waals surface area contributed by atoms with Crippen molar-refractivity contribution in [2.24, 2.45) is 0 Å². The smallest absolute Gasteiger partial charge is 0.321 e. The average Bonchev–Trinajstić information content (AvgIpc) is 2.87. The number of methoxy groups -OCH3 is 5. The number of sulfonamides is 1. The molecule has 2 N–H and O–H groups in total. The fraction of sp³-hybridized carbons (Fsp3) is 0.227. The molecule has 13 heteroatoms. The van der Waals surface area contributed by atoms with Crippen molar-refractivity contribution in [2.75, 3.05) is 45.6 Å². The summed E-state index contributed by atoms with van der Waals surface area (Å²) in [4.78, 5) is 20.6. The van der Waals surface area contributed by atoms with Gasteiger partial charge in [-0.25, -0.2) is 8.42 Å². The highest BCUT2D eigenvalue weighted by Gasteiger charge is 2.19. The molecule has 2 aromatic carbocycles. The third kappa shape index (κ3) is 5.81. The lowest BCUT2D eigenvalue weighted by molar-refractivity contribution is 0.102. The fourth-order valence-electron chi connectivity index (χ4n) is 2.98. The van der Waals surface area contributed by atoms with E-state index in [1.807, 2.05) is 0 Å². The van der Waals surface area contributed by atoms with E-state index in [2.05, 4.69) is 20.0 Å². The van der Waals surface area contributed by atoms with E-state index in [1.54, 1.807) is 0 Å². The molecule has 186 valence electrons. The van der Waals surface area contributed by atoms with Gasteiger partial charge in [-0.3, -0.25) is 9.52 Å². The van der Waals surface area contributed by atoms with Gasteiger partial charge in [0.15, 0.2) is 17.3 Å².